The van der Waals surface area contributed by atoms with Gasteiger partial charge in [-0.2, -0.15) is 0 Å². The molecule has 1 saturated heterocycles. The summed E-state index contributed by atoms with van der Waals surface area (Å²) in [5.41, 5.74) is 0. The lowest BCUT2D eigenvalue weighted by atomic mass is 10.0. The third-order valence-electron chi connectivity index (χ3n) is 3.35. The number of nitrogens with one attached hydrogen (secondary N) is 1. The van der Waals surface area contributed by atoms with Gasteiger partial charge in [-0.15, -0.1) is 0 Å². The maximum absolute atomic E-state index is 12.1. The molecule has 1 unspecified atom stereocenters. The van der Waals surface area contributed by atoms with E-state index in [0.717, 1.165) is 38.9 Å². The van der Waals surface area contributed by atoms with Crippen molar-refractivity contribution in [3.63, 3.8) is 0 Å². The molecule has 0 aromatic heterocycles. The van der Waals surface area contributed by atoms with E-state index < -0.39 is 0 Å². The van der Waals surface area contributed by atoms with Crippen LogP contribution in [0.5, 0.6) is 0 Å². The normalized spacial score (nSPS) is 22.9. The van der Waals surface area contributed by atoms with Crippen LogP contribution in [-0.4, -0.2) is 36.5 Å². The van der Waals surface area contributed by atoms with E-state index in [0.29, 0.717) is 11.9 Å². The Kier molecular flexibility index (Phi) is 5.09. The molecule has 0 radical (unpaired) electrons. The smallest absolute Gasteiger partial charge is 0.225 e. The van der Waals surface area contributed by atoms with Gasteiger partial charge in [0, 0.05) is 31.6 Å². The first kappa shape index (κ1) is 12.5. The van der Waals surface area contributed by atoms with E-state index in [1.165, 1.54) is 0 Å². The molecule has 1 atom stereocenters. The van der Waals surface area contributed by atoms with Crippen LogP contribution < -0.4 is 5.32 Å². The highest BCUT2D eigenvalue weighted by atomic mass is 16.2. The Labute approximate surface area is 93.2 Å². The van der Waals surface area contributed by atoms with E-state index in [4.69, 9.17) is 0 Å². The number of amides is 1. The standard InChI is InChI=1S/C12H24N2O/c1-4-11(5-2)12(15)14-8-6-10(3)13-7-9-14/h10-11,13H,4-9H2,1-3H3. The first-order chi connectivity index (χ1) is 7.19. The summed E-state index contributed by atoms with van der Waals surface area (Å²) >= 11 is 0. The highest BCUT2D eigenvalue weighted by Gasteiger charge is 2.23. The van der Waals surface area contributed by atoms with Crippen LogP contribution in [0.2, 0.25) is 0 Å². The number of hydrogen-bond donors (Lipinski definition) is 1. The molecule has 1 aliphatic heterocycles. The molecule has 0 bridgehead atoms. The Balaban J connectivity index is 2.51. The van der Waals surface area contributed by atoms with Crippen molar-refractivity contribution in [1.82, 2.24) is 10.2 Å². The van der Waals surface area contributed by atoms with Crippen molar-refractivity contribution in [1.29, 1.82) is 0 Å². The summed E-state index contributed by atoms with van der Waals surface area (Å²) in [6.07, 6.45) is 3.01. The minimum absolute atomic E-state index is 0.235. The fraction of sp³-hybridized carbons (Fsp3) is 0.917. The molecule has 0 aliphatic carbocycles. The minimum Gasteiger partial charge on any atom is -0.341 e. The number of carbonyl (C=O) groups is 1. The van der Waals surface area contributed by atoms with Crippen molar-refractivity contribution in [2.24, 2.45) is 5.92 Å². The predicted molar refractivity (Wildman–Crippen MR) is 62.7 cm³/mol. The SMILES string of the molecule is CCC(CC)C(=O)N1CCNC(C)CC1. The molecule has 15 heavy (non-hydrogen) atoms. The highest BCUT2D eigenvalue weighted by Crippen LogP contribution is 2.13. The molecule has 0 saturated carbocycles. The highest BCUT2D eigenvalue weighted by molar-refractivity contribution is 5.78. The van der Waals surface area contributed by atoms with E-state index in [-0.39, 0.29) is 5.92 Å². The minimum atomic E-state index is 0.235. The van der Waals surface area contributed by atoms with E-state index in [9.17, 15) is 4.79 Å². The molecular formula is C12H24N2O. The summed E-state index contributed by atoms with van der Waals surface area (Å²) in [5, 5.41) is 3.41. The maximum atomic E-state index is 12.1. The molecule has 1 aliphatic rings. The zero-order valence-electron chi connectivity index (χ0n) is 10.3. The molecule has 3 nitrogen and oxygen atoms in total. The van der Waals surface area contributed by atoms with E-state index in [1.807, 2.05) is 4.90 Å². The van der Waals surface area contributed by atoms with Gasteiger partial charge in [0.2, 0.25) is 5.91 Å². The van der Waals surface area contributed by atoms with Crippen LogP contribution in [0.4, 0.5) is 0 Å². The van der Waals surface area contributed by atoms with Gasteiger partial charge in [0.05, 0.1) is 0 Å². The monoisotopic (exact) mass is 212 g/mol. The lowest BCUT2D eigenvalue weighted by Gasteiger charge is -2.24. The quantitative estimate of drug-likeness (QED) is 0.771. The molecule has 1 amide bonds. The predicted octanol–water partition coefficient (Wildman–Crippen LogP) is 1.63. The molecule has 0 spiro atoms. The third-order valence-corrected chi connectivity index (χ3v) is 3.35. The zero-order chi connectivity index (χ0) is 11.3. The van der Waals surface area contributed by atoms with Gasteiger partial charge in [0.25, 0.3) is 0 Å². The van der Waals surface area contributed by atoms with Gasteiger partial charge < -0.3 is 10.2 Å². The van der Waals surface area contributed by atoms with E-state index in [2.05, 4.69) is 26.1 Å². The van der Waals surface area contributed by atoms with E-state index >= 15 is 0 Å². The van der Waals surface area contributed by atoms with Crippen molar-refractivity contribution < 1.29 is 4.79 Å². The van der Waals surface area contributed by atoms with Crippen molar-refractivity contribution >= 4 is 5.91 Å². The first-order valence-corrected chi connectivity index (χ1v) is 6.21. The van der Waals surface area contributed by atoms with Crippen LogP contribution >= 0.6 is 0 Å². The topological polar surface area (TPSA) is 32.3 Å². The summed E-state index contributed by atoms with van der Waals surface area (Å²) in [6, 6.07) is 0.546. The fourth-order valence-electron chi connectivity index (χ4n) is 2.13. The van der Waals surface area contributed by atoms with Crippen molar-refractivity contribution in [2.45, 2.75) is 46.1 Å². The molecular weight excluding hydrogens is 188 g/mol. The second-order valence-electron chi connectivity index (χ2n) is 4.48. The second kappa shape index (κ2) is 6.11. The first-order valence-electron chi connectivity index (χ1n) is 6.21. The Hall–Kier alpha value is -0.570. The van der Waals surface area contributed by atoms with Gasteiger partial charge in [0.1, 0.15) is 0 Å². The van der Waals surface area contributed by atoms with Gasteiger partial charge in [-0.1, -0.05) is 13.8 Å². The van der Waals surface area contributed by atoms with Crippen molar-refractivity contribution in [3.05, 3.63) is 0 Å². The van der Waals surface area contributed by atoms with Crippen LogP contribution in [0.25, 0.3) is 0 Å². The van der Waals surface area contributed by atoms with Gasteiger partial charge >= 0.3 is 0 Å². The summed E-state index contributed by atoms with van der Waals surface area (Å²) in [4.78, 5) is 14.2. The van der Waals surface area contributed by atoms with Gasteiger partial charge in [-0.05, 0) is 26.2 Å². The molecule has 0 aromatic carbocycles. The third kappa shape index (κ3) is 3.49. The number of hydrogen-bond acceptors (Lipinski definition) is 2. The van der Waals surface area contributed by atoms with E-state index in [1.54, 1.807) is 0 Å². The molecule has 1 heterocycles. The number of rotatable bonds is 3. The van der Waals surface area contributed by atoms with Crippen LogP contribution in [0.3, 0.4) is 0 Å². The zero-order valence-corrected chi connectivity index (χ0v) is 10.3. The second-order valence-corrected chi connectivity index (χ2v) is 4.48. The van der Waals surface area contributed by atoms with Crippen molar-refractivity contribution in [3.8, 4) is 0 Å². The van der Waals surface area contributed by atoms with Gasteiger partial charge in [-0.3, -0.25) is 4.79 Å². The van der Waals surface area contributed by atoms with Crippen LogP contribution in [-0.2, 0) is 4.79 Å². The number of carbonyl (C=O) groups excluding carboxylic acids is 1. The summed E-state index contributed by atoms with van der Waals surface area (Å²) < 4.78 is 0. The molecule has 0 aromatic rings. The molecule has 1 N–H and O–H groups in total. The average molecular weight is 212 g/mol. The lowest BCUT2D eigenvalue weighted by Crippen LogP contribution is -2.38. The van der Waals surface area contributed by atoms with Gasteiger partial charge in [-0.25, -0.2) is 0 Å². The van der Waals surface area contributed by atoms with Gasteiger partial charge in [0.15, 0.2) is 0 Å². The fourth-order valence-corrected chi connectivity index (χ4v) is 2.13. The Bertz CT molecular complexity index is 202. The molecule has 1 fully saturated rings. The van der Waals surface area contributed by atoms with Crippen molar-refractivity contribution in [2.75, 3.05) is 19.6 Å². The Morgan fingerprint density at radius 2 is 2.07 bits per heavy atom. The average Bonchev–Trinajstić information content (AvgIpc) is 2.44. The van der Waals surface area contributed by atoms with Crippen LogP contribution in [0.1, 0.15) is 40.0 Å². The summed E-state index contributed by atoms with van der Waals surface area (Å²) in [6.45, 7) is 9.12. The molecule has 3 heteroatoms. The summed E-state index contributed by atoms with van der Waals surface area (Å²) in [5.74, 6) is 0.592. The number of nitrogens with zero attached hydrogens (tertiary/aromatic N) is 1. The Morgan fingerprint density at radius 3 is 2.67 bits per heavy atom. The Morgan fingerprint density at radius 1 is 1.40 bits per heavy atom. The van der Waals surface area contributed by atoms with Crippen LogP contribution in [0, 0.1) is 5.92 Å². The largest absolute Gasteiger partial charge is 0.341 e. The molecule has 1 rings (SSSR count). The lowest BCUT2D eigenvalue weighted by molar-refractivity contribution is -0.135. The molecule has 88 valence electrons. The van der Waals surface area contributed by atoms with Crippen LogP contribution in [0.15, 0.2) is 0 Å². The summed E-state index contributed by atoms with van der Waals surface area (Å²) in [7, 11) is 0. The maximum Gasteiger partial charge on any atom is 0.225 e.